The number of benzene rings is 1. The summed E-state index contributed by atoms with van der Waals surface area (Å²) in [5.41, 5.74) is 0. The van der Waals surface area contributed by atoms with Crippen LogP contribution in [-0.2, 0) is 0 Å². The van der Waals surface area contributed by atoms with Crippen molar-refractivity contribution < 1.29 is 9.13 Å². The second-order valence-corrected chi connectivity index (χ2v) is 3.84. The molecule has 94 valence electrons. The molecule has 0 aliphatic carbocycles. The third-order valence-electron chi connectivity index (χ3n) is 2.26. The molecular weight excluding hydrogens is 233 g/mol. The SMILES string of the molecule is C[C@H](CNc1ncccn1)Oc1ccc(F)cc1. The summed E-state index contributed by atoms with van der Waals surface area (Å²) in [7, 11) is 0. The van der Waals surface area contributed by atoms with Gasteiger partial charge in [-0.2, -0.15) is 0 Å². The fraction of sp³-hybridized carbons (Fsp3) is 0.231. The van der Waals surface area contributed by atoms with Gasteiger partial charge in [-0.05, 0) is 37.3 Å². The summed E-state index contributed by atoms with van der Waals surface area (Å²) >= 11 is 0. The van der Waals surface area contributed by atoms with Crippen LogP contribution in [0.2, 0.25) is 0 Å². The van der Waals surface area contributed by atoms with Gasteiger partial charge in [0.05, 0.1) is 6.54 Å². The van der Waals surface area contributed by atoms with Crippen molar-refractivity contribution in [2.24, 2.45) is 0 Å². The van der Waals surface area contributed by atoms with Gasteiger partial charge in [0.2, 0.25) is 5.95 Å². The molecule has 0 saturated carbocycles. The molecular formula is C13H14FN3O. The fourth-order valence-corrected chi connectivity index (χ4v) is 1.41. The summed E-state index contributed by atoms with van der Waals surface area (Å²) < 4.78 is 18.3. The third-order valence-corrected chi connectivity index (χ3v) is 2.26. The number of anilines is 1. The van der Waals surface area contributed by atoms with Crippen LogP contribution >= 0.6 is 0 Å². The molecule has 1 aromatic heterocycles. The van der Waals surface area contributed by atoms with Crippen LogP contribution in [0.1, 0.15) is 6.92 Å². The lowest BCUT2D eigenvalue weighted by Gasteiger charge is -2.15. The van der Waals surface area contributed by atoms with Crippen LogP contribution in [0.4, 0.5) is 10.3 Å². The van der Waals surface area contributed by atoms with E-state index in [1.807, 2.05) is 6.92 Å². The number of hydrogen-bond acceptors (Lipinski definition) is 4. The molecule has 1 atom stereocenters. The van der Waals surface area contributed by atoms with E-state index in [1.54, 1.807) is 30.6 Å². The quantitative estimate of drug-likeness (QED) is 0.881. The maximum absolute atomic E-state index is 12.7. The molecule has 0 aliphatic heterocycles. The highest BCUT2D eigenvalue weighted by Crippen LogP contribution is 2.13. The zero-order chi connectivity index (χ0) is 12.8. The Labute approximate surface area is 105 Å². The van der Waals surface area contributed by atoms with Crippen molar-refractivity contribution in [3.63, 3.8) is 0 Å². The fourth-order valence-electron chi connectivity index (χ4n) is 1.41. The Morgan fingerprint density at radius 3 is 2.56 bits per heavy atom. The van der Waals surface area contributed by atoms with E-state index in [9.17, 15) is 4.39 Å². The maximum Gasteiger partial charge on any atom is 0.222 e. The van der Waals surface area contributed by atoms with Crippen molar-refractivity contribution in [1.29, 1.82) is 0 Å². The van der Waals surface area contributed by atoms with Gasteiger partial charge in [-0.15, -0.1) is 0 Å². The summed E-state index contributed by atoms with van der Waals surface area (Å²) in [6, 6.07) is 7.70. The number of hydrogen-bond donors (Lipinski definition) is 1. The Balaban J connectivity index is 1.82. The molecule has 0 radical (unpaired) electrons. The minimum atomic E-state index is -0.272. The number of ether oxygens (including phenoxy) is 1. The molecule has 1 aromatic carbocycles. The Bertz CT molecular complexity index is 475. The van der Waals surface area contributed by atoms with Gasteiger partial charge in [0.15, 0.2) is 0 Å². The zero-order valence-corrected chi connectivity index (χ0v) is 10.0. The van der Waals surface area contributed by atoms with E-state index in [-0.39, 0.29) is 11.9 Å². The first-order valence-electron chi connectivity index (χ1n) is 5.67. The Morgan fingerprint density at radius 2 is 1.89 bits per heavy atom. The van der Waals surface area contributed by atoms with Gasteiger partial charge in [0, 0.05) is 12.4 Å². The number of nitrogens with zero attached hydrogens (tertiary/aromatic N) is 2. The van der Waals surface area contributed by atoms with Crippen LogP contribution in [0.5, 0.6) is 5.75 Å². The number of rotatable bonds is 5. The van der Waals surface area contributed by atoms with E-state index in [0.29, 0.717) is 18.2 Å². The maximum atomic E-state index is 12.7. The third kappa shape index (κ3) is 3.69. The lowest BCUT2D eigenvalue weighted by atomic mass is 10.3. The van der Waals surface area contributed by atoms with Crippen LogP contribution in [0.3, 0.4) is 0 Å². The number of halogens is 1. The van der Waals surface area contributed by atoms with E-state index >= 15 is 0 Å². The lowest BCUT2D eigenvalue weighted by Crippen LogP contribution is -2.23. The van der Waals surface area contributed by atoms with Crippen LogP contribution in [-0.4, -0.2) is 22.6 Å². The van der Waals surface area contributed by atoms with Crippen molar-refractivity contribution in [3.8, 4) is 5.75 Å². The molecule has 1 N–H and O–H groups in total. The van der Waals surface area contributed by atoms with E-state index < -0.39 is 0 Å². The molecule has 2 rings (SSSR count). The van der Waals surface area contributed by atoms with Gasteiger partial charge in [-0.3, -0.25) is 0 Å². The highest BCUT2D eigenvalue weighted by atomic mass is 19.1. The normalized spacial score (nSPS) is 11.9. The van der Waals surface area contributed by atoms with Crippen molar-refractivity contribution in [2.45, 2.75) is 13.0 Å². The summed E-state index contributed by atoms with van der Waals surface area (Å²) in [6.07, 6.45) is 3.26. The van der Waals surface area contributed by atoms with Crippen LogP contribution in [0, 0.1) is 5.82 Å². The number of aromatic nitrogens is 2. The van der Waals surface area contributed by atoms with Crippen LogP contribution in [0.25, 0.3) is 0 Å². The largest absolute Gasteiger partial charge is 0.489 e. The predicted octanol–water partition coefficient (Wildman–Crippen LogP) is 2.50. The standard InChI is InChI=1S/C13H14FN3O/c1-10(9-17-13-15-7-2-8-16-13)18-12-5-3-11(14)4-6-12/h2-8,10H,9H2,1H3,(H,15,16,17)/t10-/m1/s1. The van der Waals surface area contributed by atoms with E-state index in [1.165, 1.54) is 12.1 Å². The van der Waals surface area contributed by atoms with Gasteiger partial charge < -0.3 is 10.1 Å². The average molecular weight is 247 g/mol. The first kappa shape index (κ1) is 12.3. The van der Waals surface area contributed by atoms with E-state index in [2.05, 4.69) is 15.3 Å². The van der Waals surface area contributed by atoms with Crippen LogP contribution < -0.4 is 10.1 Å². The molecule has 0 spiro atoms. The van der Waals surface area contributed by atoms with E-state index in [4.69, 9.17) is 4.74 Å². The highest BCUT2D eigenvalue weighted by molar-refractivity contribution is 5.24. The monoisotopic (exact) mass is 247 g/mol. The Hall–Kier alpha value is -2.17. The van der Waals surface area contributed by atoms with Crippen molar-refractivity contribution in [1.82, 2.24) is 9.97 Å². The van der Waals surface area contributed by atoms with Gasteiger partial charge in [0.25, 0.3) is 0 Å². The number of nitrogens with one attached hydrogen (secondary N) is 1. The second kappa shape index (κ2) is 5.95. The lowest BCUT2D eigenvalue weighted by molar-refractivity contribution is 0.234. The first-order valence-corrected chi connectivity index (χ1v) is 5.67. The molecule has 0 fully saturated rings. The molecule has 5 heteroatoms. The van der Waals surface area contributed by atoms with Gasteiger partial charge in [0.1, 0.15) is 17.7 Å². The zero-order valence-electron chi connectivity index (χ0n) is 10.0. The summed E-state index contributed by atoms with van der Waals surface area (Å²) in [5.74, 6) is 0.928. The average Bonchev–Trinajstić information content (AvgIpc) is 2.40. The summed E-state index contributed by atoms with van der Waals surface area (Å²) in [5, 5.41) is 3.05. The molecule has 1 heterocycles. The smallest absolute Gasteiger partial charge is 0.222 e. The van der Waals surface area contributed by atoms with Crippen molar-refractivity contribution in [3.05, 3.63) is 48.5 Å². The minimum absolute atomic E-state index is 0.0701. The topological polar surface area (TPSA) is 47.0 Å². The van der Waals surface area contributed by atoms with E-state index in [0.717, 1.165) is 0 Å². The molecule has 0 bridgehead atoms. The molecule has 4 nitrogen and oxygen atoms in total. The Kier molecular flexibility index (Phi) is 4.06. The van der Waals surface area contributed by atoms with Gasteiger partial charge in [-0.1, -0.05) is 0 Å². The summed E-state index contributed by atoms with van der Waals surface area (Å²) in [4.78, 5) is 8.08. The predicted molar refractivity (Wildman–Crippen MR) is 67.0 cm³/mol. The Morgan fingerprint density at radius 1 is 1.22 bits per heavy atom. The van der Waals surface area contributed by atoms with Crippen LogP contribution in [0.15, 0.2) is 42.7 Å². The minimum Gasteiger partial charge on any atom is -0.489 e. The molecule has 0 amide bonds. The summed E-state index contributed by atoms with van der Waals surface area (Å²) in [6.45, 7) is 2.49. The van der Waals surface area contributed by atoms with Crippen molar-refractivity contribution in [2.75, 3.05) is 11.9 Å². The first-order chi connectivity index (χ1) is 8.74. The molecule has 0 saturated heterocycles. The molecule has 0 unspecified atom stereocenters. The van der Waals surface area contributed by atoms with Crippen molar-refractivity contribution >= 4 is 5.95 Å². The molecule has 0 aliphatic rings. The second-order valence-electron chi connectivity index (χ2n) is 3.84. The molecule has 18 heavy (non-hydrogen) atoms. The van der Waals surface area contributed by atoms with Gasteiger partial charge in [-0.25, -0.2) is 14.4 Å². The molecule has 2 aromatic rings. The van der Waals surface area contributed by atoms with Gasteiger partial charge >= 0.3 is 0 Å². The highest BCUT2D eigenvalue weighted by Gasteiger charge is 2.04.